The highest BCUT2D eigenvalue weighted by molar-refractivity contribution is 5.38. The van der Waals surface area contributed by atoms with Gasteiger partial charge < -0.3 is 15.2 Å². The van der Waals surface area contributed by atoms with Crippen LogP contribution in [0.15, 0.2) is 48.5 Å². The van der Waals surface area contributed by atoms with Crippen molar-refractivity contribution in [1.29, 1.82) is 0 Å². The second-order valence-electron chi connectivity index (χ2n) is 5.11. The predicted octanol–water partition coefficient (Wildman–Crippen LogP) is 4.03. The van der Waals surface area contributed by atoms with Crippen LogP contribution < -0.4 is 10.1 Å². The Balaban J connectivity index is 2.05. The second kappa shape index (κ2) is 7.81. The van der Waals surface area contributed by atoms with Crippen molar-refractivity contribution in [2.45, 2.75) is 32.9 Å². The molecule has 0 aliphatic carbocycles. The van der Waals surface area contributed by atoms with Crippen LogP contribution in [0.25, 0.3) is 0 Å². The second-order valence-corrected chi connectivity index (χ2v) is 5.11. The van der Waals surface area contributed by atoms with Gasteiger partial charge in [-0.05, 0) is 43.7 Å². The number of aliphatic hydroxyl groups is 1. The molecule has 0 heterocycles. The van der Waals surface area contributed by atoms with Gasteiger partial charge in [-0.1, -0.05) is 37.3 Å². The molecule has 0 amide bonds. The number of aliphatic hydroxyl groups excluding tert-OH is 1. The van der Waals surface area contributed by atoms with Crippen molar-refractivity contribution < 1.29 is 9.84 Å². The molecule has 2 rings (SSSR count). The average Bonchev–Trinajstić information content (AvgIpc) is 2.54. The number of para-hydroxylation sites is 1. The Bertz CT molecular complexity index is 551. The third-order valence-electron chi connectivity index (χ3n) is 3.45. The topological polar surface area (TPSA) is 41.5 Å². The lowest BCUT2D eigenvalue weighted by atomic mass is 10.1. The monoisotopic (exact) mass is 285 g/mol. The van der Waals surface area contributed by atoms with Crippen molar-refractivity contribution in [3.05, 3.63) is 59.7 Å². The van der Waals surface area contributed by atoms with Gasteiger partial charge in [0.15, 0.2) is 0 Å². The molecule has 0 radical (unpaired) electrons. The third kappa shape index (κ3) is 4.31. The van der Waals surface area contributed by atoms with E-state index in [9.17, 15) is 5.11 Å². The van der Waals surface area contributed by atoms with Crippen LogP contribution in [-0.4, -0.2) is 11.7 Å². The molecule has 0 aliphatic heterocycles. The minimum Gasteiger partial charge on any atom is -0.457 e. The molecule has 2 aromatic carbocycles. The fourth-order valence-corrected chi connectivity index (χ4v) is 2.16. The average molecular weight is 285 g/mol. The molecule has 2 aromatic rings. The molecule has 0 saturated heterocycles. The van der Waals surface area contributed by atoms with Gasteiger partial charge in [0.1, 0.15) is 11.5 Å². The lowest BCUT2D eigenvalue weighted by Gasteiger charge is -2.14. The van der Waals surface area contributed by atoms with E-state index >= 15 is 0 Å². The molecule has 0 aromatic heterocycles. The highest BCUT2D eigenvalue weighted by Gasteiger charge is 2.06. The van der Waals surface area contributed by atoms with Crippen molar-refractivity contribution in [1.82, 2.24) is 5.32 Å². The SMILES string of the molecule is CCCNC(C)c1ccc(Oc2ccccc2CO)cc1. The molecule has 0 saturated carbocycles. The number of rotatable bonds is 7. The van der Waals surface area contributed by atoms with Gasteiger partial charge in [-0.25, -0.2) is 0 Å². The molecule has 112 valence electrons. The number of hydrogen-bond acceptors (Lipinski definition) is 3. The molecule has 0 bridgehead atoms. The van der Waals surface area contributed by atoms with E-state index in [1.54, 1.807) is 0 Å². The van der Waals surface area contributed by atoms with Gasteiger partial charge in [0, 0.05) is 11.6 Å². The quantitative estimate of drug-likeness (QED) is 0.807. The number of nitrogens with one attached hydrogen (secondary N) is 1. The van der Waals surface area contributed by atoms with Crippen molar-refractivity contribution in [2.75, 3.05) is 6.54 Å². The van der Waals surface area contributed by atoms with Crippen LogP contribution in [0.5, 0.6) is 11.5 Å². The van der Waals surface area contributed by atoms with E-state index in [1.165, 1.54) is 5.56 Å². The van der Waals surface area contributed by atoms with Crippen LogP contribution in [0.4, 0.5) is 0 Å². The fraction of sp³-hybridized carbons (Fsp3) is 0.333. The summed E-state index contributed by atoms with van der Waals surface area (Å²) in [5.41, 5.74) is 2.03. The summed E-state index contributed by atoms with van der Waals surface area (Å²) in [6.07, 6.45) is 1.13. The molecule has 21 heavy (non-hydrogen) atoms. The third-order valence-corrected chi connectivity index (χ3v) is 3.45. The van der Waals surface area contributed by atoms with Gasteiger partial charge in [-0.15, -0.1) is 0 Å². The number of hydrogen-bond donors (Lipinski definition) is 2. The zero-order valence-electron chi connectivity index (χ0n) is 12.7. The molecular weight excluding hydrogens is 262 g/mol. The van der Waals surface area contributed by atoms with E-state index in [2.05, 4.69) is 31.3 Å². The highest BCUT2D eigenvalue weighted by atomic mass is 16.5. The van der Waals surface area contributed by atoms with Gasteiger partial charge in [-0.3, -0.25) is 0 Å². The molecular formula is C18H23NO2. The molecule has 0 spiro atoms. The summed E-state index contributed by atoms with van der Waals surface area (Å²) >= 11 is 0. The molecule has 2 N–H and O–H groups in total. The molecule has 0 aliphatic rings. The number of benzene rings is 2. The maximum atomic E-state index is 9.31. The van der Waals surface area contributed by atoms with Gasteiger partial charge in [0.05, 0.1) is 6.61 Å². The number of ether oxygens (including phenoxy) is 1. The van der Waals surface area contributed by atoms with Crippen LogP contribution in [0.2, 0.25) is 0 Å². The van der Waals surface area contributed by atoms with Crippen LogP contribution in [0.1, 0.15) is 37.4 Å². The first-order chi connectivity index (χ1) is 10.2. The Hall–Kier alpha value is -1.84. The van der Waals surface area contributed by atoms with Crippen LogP contribution >= 0.6 is 0 Å². The molecule has 1 atom stereocenters. The Kier molecular flexibility index (Phi) is 5.78. The first-order valence-electron chi connectivity index (χ1n) is 7.44. The largest absolute Gasteiger partial charge is 0.457 e. The maximum Gasteiger partial charge on any atom is 0.132 e. The normalized spacial score (nSPS) is 12.1. The Morgan fingerprint density at radius 3 is 2.48 bits per heavy atom. The van der Waals surface area contributed by atoms with E-state index in [-0.39, 0.29) is 6.61 Å². The smallest absolute Gasteiger partial charge is 0.132 e. The van der Waals surface area contributed by atoms with Gasteiger partial charge >= 0.3 is 0 Å². The minimum atomic E-state index is -0.0216. The lowest BCUT2D eigenvalue weighted by Crippen LogP contribution is -2.19. The minimum absolute atomic E-state index is 0.0216. The van der Waals surface area contributed by atoms with E-state index in [4.69, 9.17) is 4.74 Å². The summed E-state index contributed by atoms with van der Waals surface area (Å²) in [5.74, 6) is 1.48. The molecule has 3 heteroatoms. The summed E-state index contributed by atoms with van der Waals surface area (Å²) in [5, 5.41) is 12.8. The van der Waals surface area contributed by atoms with Gasteiger partial charge in [0.2, 0.25) is 0 Å². The van der Waals surface area contributed by atoms with Gasteiger partial charge in [0.25, 0.3) is 0 Å². The Morgan fingerprint density at radius 2 is 1.81 bits per heavy atom. The molecule has 0 fully saturated rings. The first-order valence-corrected chi connectivity index (χ1v) is 7.44. The molecule has 1 unspecified atom stereocenters. The van der Waals surface area contributed by atoms with Crippen molar-refractivity contribution in [2.24, 2.45) is 0 Å². The highest BCUT2D eigenvalue weighted by Crippen LogP contribution is 2.26. The molecule has 3 nitrogen and oxygen atoms in total. The standard InChI is InChI=1S/C18H23NO2/c1-3-12-19-14(2)15-8-10-17(11-9-15)21-18-7-5-4-6-16(18)13-20/h4-11,14,19-20H,3,12-13H2,1-2H3. The lowest BCUT2D eigenvalue weighted by molar-refractivity contribution is 0.276. The Morgan fingerprint density at radius 1 is 1.10 bits per heavy atom. The summed E-state index contributed by atoms with van der Waals surface area (Å²) in [4.78, 5) is 0. The summed E-state index contributed by atoms with van der Waals surface area (Å²) in [7, 11) is 0. The summed E-state index contributed by atoms with van der Waals surface area (Å²) < 4.78 is 5.84. The van der Waals surface area contributed by atoms with Crippen LogP contribution in [0, 0.1) is 0 Å². The van der Waals surface area contributed by atoms with Crippen molar-refractivity contribution >= 4 is 0 Å². The maximum absolute atomic E-state index is 9.31. The van der Waals surface area contributed by atoms with Crippen molar-refractivity contribution in [3.8, 4) is 11.5 Å². The van der Waals surface area contributed by atoms with Crippen LogP contribution in [-0.2, 0) is 6.61 Å². The predicted molar refractivity (Wildman–Crippen MR) is 85.6 cm³/mol. The van der Waals surface area contributed by atoms with E-state index < -0.39 is 0 Å². The first kappa shape index (κ1) is 15.5. The zero-order valence-corrected chi connectivity index (χ0v) is 12.7. The summed E-state index contributed by atoms with van der Waals surface area (Å²) in [6, 6.07) is 15.9. The fourth-order valence-electron chi connectivity index (χ4n) is 2.16. The van der Waals surface area contributed by atoms with Crippen LogP contribution in [0.3, 0.4) is 0 Å². The van der Waals surface area contributed by atoms with E-state index in [0.29, 0.717) is 11.8 Å². The zero-order chi connectivity index (χ0) is 15.1. The van der Waals surface area contributed by atoms with Gasteiger partial charge in [-0.2, -0.15) is 0 Å². The van der Waals surface area contributed by atoms with Crippen molar-refractivity contribution in [3.63, 3.8) is 0 Å². The van der Waals surface area contributed by atoms with E-state index in [1.807, 2.05) is 36.4 Å². The Labute approximate surface area is 126 Å². The van der Waals surface area contributed by atoms with E-state index in [0.717, 1.165) is 24.3 Å². The summed E-state index contributed by atoms with van der Waals surface area (Å²) in [6.45, 7) is 5.32.